The zero-order valence-electron chi connectivity index (χ0n) is 19.1. The van der Waals surface area contributed by atoms with E-state index < -0.39 is 0 Å². The molecule has 1 saturated heterocycles. The van der Waals surface area contributed by atoms with Crippen molar-refractivity contribution in [1.29, 1.82) is 0 Å². The van der Waals surface area contributed by atoms with Crippen molar-refractivity contribution in [2.24, 2.45) is 0 Å². The number of carbonyl (C=O) groups excluding carboxylic acids is 1. The molecule has 34 heavy (non-hydrogen) atoms. The van der Waals surface area contributed by atoms with Gasteiger partial charge in [-0.05, 0) is 60.2 Å². The average molecular weight is 466 g/mol. The third kappa shape index (κ3) is 5.37. The number of hydrogen-bond donors (Lipinski definition) is 0. The Bertz CT molecular complexity index is 1220. The zero-order chi connectivity index (χ0) is 23.2. The van der Waals surface area contributed by atoms with Crippen LogP contribution in [0.3, 0.4) is 0 Å². The van der Waals surface area contributed by atoms with E-state index in [1.165, 1.54) is 23.1 Å². The number of likely N-dealkylation sites (tertiary alicyclic amines) is 1. The van der Waals surface area contributed by atoms with Gasteiger partial charge in [0.05, 0.1) is 5.69 Å². The Labute approximate surface area is 205 Å². The molecule has 1 aliphatic heterocycles. The fraction of sp³-hybridized carbons (Fsp3) is 0.207. The molecule has 4 aromatic rings. The quantitative estimate of drug-likeness (QED) is 0.296. The Hall–Kier alpha value is -3.44. The number of piperidine rings is 1. The maximum Gasteiger partial charge on any atom is 0.253 e. The minimum absolute atomic E-state index is 0.150. The monoisotopic (exact) mass is 465 g/mol. The van der Waals surface area contributed by atoms with Gasteiger partial charge in [0.15, 0.2) is 0 Å². The van der Waals surface area contributed by atoms with Crippen LogP contribution in [-0.2, 0) is 5.75 Å². The number of hydrogen-bond acceptors (Lipinski definition) is 4. The SMILES string of the molecule is O=C(c1ccc(CSc2ccc(-c3ccc(-c4ccccc4)cc3)nn2)cc1)N1CCCCC1. The lowest BCUT2D eigenvalue weighted by molar-refractivity contribution is 0.0724. The van der Waals surface area contributed by atoms with Gasteiger partial charge in [0.25, 0.3) is 5.91 Å². The van der Waals surface area contributed by atoms with Crippen LogP contribution in [0, 0.1) is 0 Å². The lowest BCUT2D eigenvalue weighted by atomic mass is 10.0. The van der Waals surface area contributed by atoms with Gasteiger partial charge in [0, 0.05) is 30.0 Å². The molecule has 4 nitrogen and oxygen atoms in total. The van der Waals surface area contributed by atoms with Crippen LogP contribution in [0.4, 0.5) is 0 Å². The van der Waals surface area contributed by atoms with Gasteiger partial charge < -0.3 is 4.90 Å². The van der Waals surface area contributed by atoms with Crippen LogP contribution in [0.1, 0.15) is 35.2 Å². The van der Waals surface area contributed by atoms with Crippen molar-refractivity contribution in [1.82, 2.24) is 15.1 Å². The number of rotatable bonds is 6. The molecule has 5 rings (SSSR count). The second-order valence-electron chi connectivity index (χ2n) is 8.54. The molecule has 1 fully saturated rings. The molecule has 1 aliphatic rings. The first-order valence-corrected chi connectivity index (χ1v) is 12.8. The highest BCUT2D eigenvalue weighted by Crippen LogP contribution is 2.26. The minimum atomic E-state index is 0.150. The van der Waals surface area contributed by atoms with Gasteiger partial charge in [-0.1, -0.05) is 78.5 Å². The van der Waals surface area contributed by atoms with Gasteiger partial charge >= 0.3 is 0 Å². The molecule has 2 heterocycles. The highest BCUT2D eigenvalue weighted by atomic mass is 32.2. The Morgan fingerprint density at radius 1 is 0.706 bits per heavy atom. The number of carbonyl (C=O) groups is 1. The Morgan fingerprint density at radius 2 is 1.38 bits per heavy atom. The standard InChI is InChI=1S/C29H27N3OS/c33-29(32-19-5-2-6-20-32)26-11-9-22(10-12-26)21-34-28-18-17-27(30-31-28)25-15-13-24(14-16-25)23-7-3-1-4-8-23/h1,3-4,7-18H,2,5-6,19-21H2. The molecule has 0 bridgehead atoms. The molecule has 0 radical (unpaired) electrons. The Morgan fingerprint density at radius 3 is 2.06 bits per heavy atom. The number of benzene rings is 3. The fourth-order valence-electron chi connectivity index (χ4n) is 4.20. The number of amides is 1. The van der Waals surface area contributed by atoms with Crippen LogP contribution in [0.15, 0.2) is 96.0 Å². The topological polar surface area (TPSA) is 46.1 Å². The summed E-state index contributed by atoms with van der Waals surface area (Å²) in [5.74, 6) is 0.940. The summed E-state index contributed by atoms with van der Waals surface area (Å²) in [6, 6.07) is 30.8. The van der Waals surface area contributed by atoms with Crippen LogP contribution in [0.2, 0.25) is 0 Å². The van der Waals surface area contributed by atoms with Gasteiger partial charge in [-0.25, -0.2) is 0 Å². The van der Waals surface area contributed by atoms with Crippen molar-refractivity contribution in [3.05, 3.63) is 102 Å². The summed E-state index contributed by atoms with van der Waals surface area (Å²) in [5.41, 5.74) is 6.26. The molecular formula is C29H27N3OS. The van der Waals surface area contributed by atoms with E-state index in [1.54, 1.807) is 11.8 Å². The smallest absolute Gasteiger partial charge is 0.253 e. The number of aromatic nitrogens is 2. The van der Waals surface area contributed by atoms with Crippen molar-refractivity contribution in [3.63, 3.8) is 0 Å². The highest BCUT2D eigenvalue weighted by Gasteiger charge is 2.17. The molecule has 0 aliphatic carbocycles. The summed E-state index contributed by atoms with van der Waals surface area (Å²) in [4.78, 5) is 14.6. The molecule has 0 spiro atoms. The van der Waals surface area contributed by atoms with E-state index in [0.29, 0.717) is 0 Å². The van der Waals surface area contributed by atoms with E-state index in [9.17, 15) is 4.79 Å². The van der Waals surface area contributed by atoms with Crippen molar-refractivity contribution in [2.75, 3.05) is 13.1 Å². The largest absolute Gasteiger partial charge is 0.339 e. The molecule has 0 unspecified atom stereocenters. The molecule has 3 aromatic carbocycles. The van der Waals surface area contributed by atoms with Crippen molar-refractivity contribution >= 4 is 17.7 Å². The van der Waals surface area contributed by atoms with Crippen molar-refractivity contribution in [2.45, 2.75) is 30.0 Å². The van der Waals surface area contributed by atoms with E-state index >= 15 is 0 Å². The molecule has 1 amide bonds. The molecule has 0 N–H and O–H groups in total. The first-order chi connectivity index (χ1) is 16.8. The summed E-state index contributed by atoms with van der Waals surface area (Å²) in [6.07, 6.45) is 3.45. The lowest BCUT2D eigenvalue weighted by Crippen LogP contribution is -2.35. The first kappa shape index (κ1) is 22.4. The molecular weight excluding hydrogens is 438 g/mol. The van der Waals surface area contributed by atoms with Crippen molar-refractivity contribution < 1.29 is 4.79 Å². The maximum absolute atomic E-state index is 12.6. The summed E-state index contributed by atoms with van der Waals surface area (Å²) < 4.78 is 0. The van der Waals surface area contributed by atoms with E-state index in [-0.39, 0.29) is 5.91 Å². The second kappa shape index (κ2) is 10.7. The zero-order valence-corrected chi connectivity index (χ0v) is 19.9. The summed E-state index contributed by atoms with van der Waals surface area (Å²) in [7, 11) is 0. The predicted octanol–water partition coefficient (Wildman–Crippen LogP) is 6.73. The summed E-state index contributed by atoms with van der Waals surface area (Å²) in [6.45, 7) is 1.75. The molecule has 0 atom stereocenters. The van der Waals surface area contributed by atoms with Crippen LogP contribution < -0.4 is 0 Å². The molecule has 1 aromatic heterocycles. The van der Waals surface area contributed by atoms with Gasteiger partial charge in [0.1, 0.15) is 5.03 Å². The third-order valence-electron chi connectivity index (χ3n) is 6.16. The highest BCUT2D eigenvalue weighted by molar-refractivity contribution is 7.98. The fourth-order valence-corrected chi connectivity index (χ4v) is 4.97. The normalized spacial score (nSPS) is 13.6. The van der Waals surface area contributed by atoms with Crippen molar-refractivity contribution in [3.8, 4) is 22.4 Å². The predicted molar refractivity (Wildman–Crippen MR) is 139 cm³/mol. The summed E-state index contributed by atoms with van der Waals surface area (Å²) in [5, 5.41) is 9.73. The van der Waals surface area contributed by atoms with Crippen LogP contribution in [-0.4, -0.2) is 34.1 Å². The van der Waals surface area contributed by atoms with Gasteiger partial charge in [-0.3, -0.25) is 4.79 Å². The van der Waals surface area contributed by atoms with E-state index in [2.05, 4.69) is 58.7 Å². The van der Waals surface area contributed by atoms with Crippen LogP contribution >= 0.6 is 11.8 Å². The Kier molecular flexibility index (Phi) is 7.01. The van der Waals surface area contributed by atoms with Crippen LogP contribution in [0.25, 0.3) is 22.4 Å². The molecule has 0 saturated carbocycles. The average Bonchev–Trinajstić information content (AvgIpc) is 2.93. The Balaban J connectivity index is 1.17. The molecule has 170 valence electrons. The van der Waals surface area contributed by atoms with Gasteiger partial charge in [-0.2, -0.15) is 0 Å². The number of thioether (sulfide) groups is 1. The van der Waals surface area contributed by atoms with Crippen LogP contribution in [0.5, 0.6) is 0 Å². The third-order valence-corrected chi connectivity index (χ3v) is 7.15. The van der Waals surface area contributed by atoms with Gasteiger partial charge in [-0.15, -0.1) is 10.2 Å². The molecule has 5 heteroatoms. The number of nitrogens with zero attached hydrogens (tertiary/aromatic N) is 3. The second-order valence-corrected chi connectivity index (χ2v) is 9.53. The van der Waals surface area contributed by atoms with E-state index in [4.69, 9.17) is 0 Å². The lowest BCUT2D eigenvalue weighted by Gasteiger charge is -2.26. The van der Waals surface area contributed by atoms with E-state index in [1.807, 2.05) is 47.4 Å². The summed E-state index contributed by atoms with van der Waals surface area (Å²) >= 11 is 1.65. The minimum Gasteiger partial charge on any atom is -0.339 e. The van der Waals surface area contributed by atoms with E-state index in [0.717, 1.165) is 53.5 Å². The first-order valence-electron chi connectivity index (χ1n) is 11.8. The maximum atomic E-state index is 12.6. The van der Waals surface area contributed by atoms with Gasteiger partial charge in [0.2, 0.25) is 0 Å².